The molecule has 0 bridgehead atoms. The van der Waals surface area contributed by atoms with Crippen molar-refractivity contribution >= 4 is 12.0 Å². The molecule has 184 valence electrons. The number of nitrogens with zero attached hydrogens (tertiary/aromatic N) is 2. The van der Waals surface area contributed by atoms with Gasteiger partial charge in [-0.15, -0.1) is 0 Å². The summed E-state index contributed by atoms with van der Waals surface area (Å²) in [5.74, 6) is 0.844. The van der Waals surface area contributed by atoms with E-state index >= 15 is 0 Å². The zero-order chi connectivity index (χ0) is 25.2. The van der Waals surface area contributed by atoms with Gasteiger partial charge in [-0.05, 0) is 81.0 Å². The summed E-state index contributed by atoms with van der Waals surface area (Å²) >= 11 is 0. The van der Waals surface area contributed by atoms with Crippen molar-refractivity contribution in [2.75, 3.05) is 6.61 Å². The molecule has 7 nitrogen and oxygen atoms in total. The topological polar surface area (TPSA) is 93.8 Å². The van der Waals surface area contributed by atoms with Crippen molar-refractivity contribution < 1.29 is 24.5 Å². The third-order valence-electron chi connectivity index (χ3n) is 6.87. The minimum Gasteiger partial charge on any atom is -0.507 e. The largest absolute Gasteiger partial charge is 0.507 e. The second-order valence-electron chi connectivity index (χ2n) is 9.43. The number of ether oxygens (including phenoxy) is 2. The van der Waals surface area contributed by atoms with E-state index in [1.165, 1.54) is 0 Å². The number of hydrogen-bond donors (Lipinski definition) is 2. The first-order chi connectivity index (χ1) is 16.7. The Kier molecular flexibility index (Phi) is 6.87. The van der Waals surface area contributed by atoms with Crippen LogP contribution in [0.4, 0.5) is 0 Å². The highest BCUT2D eigenvalue weighted by Crippen LogP contribution is 2.44. The van der Waals surface area contributed by atoms with E-state index in [1.54, 1.807) is 12.3 Å². The first kappa shape index (κ1) is 24.4. The molecule has 2 N–H and O–H groups in total. The van der Waals surface area contributed by atoms with Gasteiger partial charge in [-0.2, -0.15) is 5.10 Å². The summed E-state index contributed by atoms with van der Waals surface area (Å²) in [5, 5.41) is 23.7. The van der Waals surface area contributed by atoms with Crippen LogP contribution in [0.3, 0.4) is 0 Å². The van der Waals surface area contributed by atoms with Gasteiger partial charge in [0.15, 0.2) is 0 Å². The number of carbonyl (C=O) groups is 1. The molecule has 1 aromatic heterocycles. The van der Waals surface area contributed by atoms with E-state index in [2.05, 4.69) is 12.0 Å². The minimum absolute atomic E-state index is 0.355. The van der Waals surface area contributed by atoms with Gasteiger partial charge in [0, 0.05) is 36.0 Å². The molecule has 35 heavy (non-hydrogen) atoms. The van der Waals surface area contributed by atoms with Gasteiger partial charge >= 0.3 is 5.97 Å². The second kappa shape index (κ2) is 9.86. The standard InChI is InChI=1S/C28H32N2O5/c1-18-19(2)27-23(20(3)26(18)33)10-11-28(4,35-27)12-15-34-24-16-21(17-30-14-5-13-29-30)6-7-22(24)8-9-25(31)32/h5-9,13-14,16,33H,10-12,15,17H2,1-4H3,(H,31,32)/b9-8+. The predicted molar refractivity (Wildman–Crippen MR) is 134 cm³/mol. The Morgan fingerprint density at radius 1 is 1.26 bits per heavy atom. The van der Waals surface area contributed by atoms with Crippen molar-refractivity contribution in [1.29, 1.82) is 0 Å². The third-order valence-corrected chi connectivity index (χ3v) is 6.87. The number of carboxylic acids is 1. The first-order valence-electron chi connectivity index (χ1n) is 11.8. The van der Waals surface area contributed by atoms with E-state index < -0.39 is 11.6 Å². The molecule has 4 rings (SSSR count). The van der Waals surface area contributed by atoms with Crippen LogP contribution in [0.1, 0.15) is 53.1 Å². The highest BCUT2D eigenvalue weighted by Gasteiger charge is 2.34. The predicted octanol–water partition coefficient (Wildman–Crippen LogP) is 5.21. The highest BCUT2D eigenvalue weighted by molar-refractivity contribution is 5.85. The summed E-state index contributed by atoms with van der Waals surface area (Å²) in [4.78, 5) is 11.1. The van der Waals surface area contributed by atoms with Crippen LogP contribution in [0.25, 0.3) is 6.08 Å². The van der Waals surface area contributed by atoms with Gasteiger partial charge in [-0.1, -0.05) is 12.1 Å². The van der Waals surface area contributed by atoms with Gasteiger partial charge in [0.2, 0.25) is 0 Å². The zero-order valence-electron chi connectivity index (χ0n) is 20.7. The van der Waals surface area contributed by atoms with Gasteiger partial charge < -0.3 is 19.7 Å². The quantitative estimate of drug-likeness (QED) is 0.433. The number of aliphatic carboxylic acids is 1. The summed E-state index contributed by atoms with van der Waals surface area (Å²) in [5.41, 5.74) is 5.10. The van der Waals surface area contributed by atoms with Crippen molar-refractivity contribution in [3.05, 3.63) is 76.1 Å². The Labute approximate surface area is 205 Å². The fraction of sp³-hybridized carbons (Fsp3) is 0.357. The van der Waals surface area contributed by atoms with Gasteiger partial charge in [0.1, 0.15) is 22.8 Å². The molecular formula is C28H32N2O5. The van der Waals surface area contributed by atoms with Crippen LogP contribution >= 0.6 is 0 Å². The van der Waals surface area contributed by atoms with Crippen molar-refractivity contribution in [2.45, 2.75) is 59.1 Å². The maximum atomic E-state index is 11.1. The van der Waals surface area contributed by atoms with E-state index in [0.29, 0.717) is 36.6 Å². The molecule has 2 aromatic carbocycles. The van der Waals surface area contributed by atoms with Crippen LogP contribution in [0, 0.1) is 20.8 Å². The molecule has 1 atom stereocenters. The lowest BCUT2D eigenvalue weighted by Crippen LogP contribution is -2.38. The molecule has 0 saturated heterocycles. The second-order valence-corrected chi connectivity index (χ2v) is 9.43. The number of hydrogen-bond acceptors (Lipinski definition) is 5. The van der Waals surface area contributed by atoms with Crippen molar-refractivity contribution in [3.63, 3.8) is 0 Å². The molecule has 0 saturated carbocycles. The molecule has 7 heteroatoms. The summed E-state index contributed by atoms with van der Waals surface area (Å²) in [6.45, 7) is 8.95. The Morgan fingerprint density at radius 3 is 2.77 bits per heavy atom. The number of aromatic nitrogens is 2. The number of aromatic hydroxyl groups is 1. The van der Waals surface area contributed by atoms with Crippen LogP contribution in [0.2, 0.25) is 0 Å². The first-order valence-corrected chi connectivity index (χ1v) is 11.8. The Bertz CT molecular complexity index is 1260. The Balaban J connectivity index is 1.50. The average Bonchev–Trinajstić information content (AvgIpc) is 3.33. The van der Waals surface area contributed by atoms with E-state index in [1.807, 2.05) is 55.9 Å². The fourth-order valence-electron chi connectivity index (χ4n) is 4.53. The normalized spacial score (nSPS) is 17.3. The summed E-state index contributed by atoms with van der Waals surface area (Å²) in [6, 6.07) is 7.62. The third kappa shape index (κ3) is 5.34. The van der Waals surface area contributed by atoms with E-state index in [-0.39, 0.29) is 0 Å². The molecule has 0 radical (unpaired) electrons. The zero-order valence-corrected chi connectivity index (χ0v) is 20.7. The van der Waals surface area contributed by atoms with Crippen molar-refractivity contribution in [3.8, 4) is 17.2 Å². The SMILES string of the molecule is Cc1c(C)c2c(c(C)c1O)CCC(C)(CCOc1cc(Cn3cccn3)ccc1/C=C/C(=O)O)O2. The lowest BCUT2D eigenvalue weighted by molar-refractivity contribution is -0.131. The monoisotopic (exact) mass is 476 g/mol. The van der Waals surface area contributed by atoms with E-state index in [0.717, 1.165) is 52.5 Å². The average molecular weight is 477 g/mol. The van der Waals surface area contributed by atoms with Gasteiger partial charge in [0.25, 0.3) is 0 Å². The number of phenolic OH excluding ortho intramolecular Hbond substituents is 1. The molecule has 0 fully saturated rings. The Morgan fingerprint density at radius 2 is 2.06 bits per heavy atom. The number of phenols is 1. The molecule has 1 unspecified atom stereocenters. The van der Waals surface area contributed by atoms with E-state index in [4.69, 9.17) is 14.6 Å². The number of rotatable bonds is 8. The van der Waals surface area contributed by atoms with Gasteiger partial charge in [-0.3, -0.25) is 4.68 Å². The Hall–Kier alpha value is -3.74. The maximum Gasteiger partial charge on any atom is 0.328 e. The van der Waals surface area contributed by atoms with Crippen molar-refractivity contribution in [2.24, 2.45) is 0 Å². The molecule has 0 aliphatic carbocycles. The van der Waals surface area contributed by atoms with Crippen LogP contribution in [-0.4, -0.2) is 38.2 Å². The lowest BCUT2D eigenvalue weighted by Gasteiger charge is -2.38. The van der Waals surface area contributed by atoms with Crippen molar-refractivity contribution in [1.82, 2.24) is 9.78 Å². The summed E-state index contributed by atoms with van der Waals surface area (Å²) < 4.78 is 14.5. The molecule has 1 aliphatic heterocycles. The molecular weight excluding hydrogens is 444 g/mol. The van der Waals surface area contributed by atoms with Crippen LogP contribution in [0.15, 0.2) is 42.7 Å². The minimum atomic E-state index is -1.01. The highest BCUT2D eigenvalue weighted by atomic mass is 16.5. The molecule has 0 spiro atoms. The molecule has 3 aromatic rings. The number of carboxylic acid groups (broad SMARTS) is 1. The number of benzene rings is 2. The fourth-order valence-corrected chi connectivity index (χ4v) is 4.53. The number of fused-ring (bicyclic) bond motifs is 1. The molecule has 2 heterocycles. The lowest BCUT2D eigenvalue weighted by atomic mass is 9.86. The van der Waals surface area contributed by atoms with Crippen LogP contribution < -0.4 is 9.47 Å². The van der Waals surface area contributed by atoms with E-state index in [9.17, 15) is 9.90 Å². The van der Waals surface area contributed by atoms with Crippen LogP contribution in [-0.2, 0) is 17.8 Å². The summed E-state index contributed by atoms with van der Waals surface area (Å²) in [6.07, 6.45) is 8.60. The molecule has 0 amide bonds. The van der Waals surface area contributed by atoms with Crippen LogP contribution in [0.5, 0.6) is 17.2 Å². The molecule has 1 aliphatic rings. The maximum absolute atomic E-state index is 11.1. The smallest absolute Gasteiger partial charge is 0.328 e. The van der Waals surface area contributed by atoms with Gasteiger partial charge in [-0.25, -0.2) is 4.79 Å². The summed E-state index contributed by atoms with van der Waals surface area (Å²) in [7, 11) is 0. The van der Waals surface area contributed by atoms with Gasteiger partial charge in [0.05, 0.1) is 13.2 Å².